The average Bonchev–Trinajstić information content (AvgIpc) is 2.41. The van der Waals surface area contributed by atoms with Gasteiger partial charge in [0.15, 0.2) is 0 Å². The lowest BCUT2D eigenvalue weighted by molar-refractivity contribution is -0.385. The first-order valence-corrected chi connectivity index (χ1v) is 6.99. The van der Waals surface area contributed by atoms with Crippen molar-refractivity contribution in [3.63, 3.8) is 0 Å². The van der Waals surface area contributed by atoms with Crippen LogP contribution < -0.4 is 10.2 Å². The Morgan fingerprint density at radius 2 is 2.00 bits per heavy atom. The molecule has 0 amide bonds. The number of hydrogen-bond acceptors (Lipinski definition) is 6. The normalized spacial score (nSPS) is 10.4. The number of hydrogen-bond donors (Lipinski definition) is 1. The molecule has 0 aliphatic rings. The van der Waals surface area contributed by atoms with E-state index >= 15 is 0 Å². The first kappa shape index (κ1) is 16.1. The van der Waals surface area contributed by atoms with E-state index in [0.717, 1.165) is 32.4 Å². The van der Waals surface area contributed by atoms with Gasteiger partial charge >= 0.3 is 5.69 Å². The van der Waals surface area contributed by atoms with Crippen molar-refractivity contribution in [3.05, 3.63) is 15.8 Å². The highest BCUT2D eigenvalue weighted by Gasteiger charge is 2.24. The molecular weight excluding hydrogens is 258 g/mol. The van der Waals surface area contributed by atoms with Crippen LogP contribution in [0.25, 0.3) is 0 Å². The van der Waals surface area contributed by atoms with Crippen LogP contribution in [0.3, 0.4) is 0 Å². The van der Waals surface area contributed by atoms with E-state index in [-0.39, 0.29) is 5.69 Å². The van der Waals surface area contributed by atoms with Crippen molar-refractivity contribution < 1.29 is 4.92 Å². The molecule has 0 spiro atoms. The third-order valence-corrected chi connectivity index (χ3v) is 2.96. The summed E-state index contributed by atoms with van der Waals surface area (Å²) in [5.74, 6) is 0.836. The SMILES string of the molecule is CCCCN(C)c1nc(NCCC)nc(C)c1[N+](=O)[O-]. The molecule has 0 radical (unpaired) electrons. The molecule has 1 aromatic heterocycles. The molecule has 0 saturated carbocycles. The summed E-state index contributed by atoms with van der Waals surface area (Å²) in [4.78, 5) is 21.1. The van der Waals surface area contributed by atoms with Crippen molar-refractivity contribution in [1.29, 1.82) is 0 Å². The lowest BCUT2D eigenvalue weighted by Gasteiger charge is -2.19. The Kier molecular flexibility index (Phi) is 6.14. The van der Waals surface area contributed by atoms with Crippen molar-refractivity contribution in [2.45, 2.75) is 40.0 Å². The largest absolute Gasteiger partial charge is 0.354 e. The minimum Gasteiger partial charge on any atom is -0.354 e. The van der Waals surface area contributed by atoms with Crippen LogP contribution in [0.4, 0.5) is 17.5 Å². The van der Waals surface area contributed by atoms with Crippen molar-refractivity contribution in [2.75, 3.05) is 30.4 Å². The van der Waals surface area contributed by atoms with E-state index in [9.17, 15) is 10.1 Å². The summed E-state index contributed by atoms with van der Waals surface area (Å²) in [6, 6.07) is 0. The van der Waals surface area contributed by atoms with Gasteiger partial charge in [0.05, 0.1) is 4.92 Å². The maximum absolute atomic E-state index is 11.2. The van der Waals surface area contributed by atoms with Crippen LogP contribution in [0.15, 0.2) is 0 Å². The molecule has 0 saturated heterocycles. The first-order chi connectivity index (χ1) is 9.51. The standard InChI is InChI=1S/C13H23N5O2/c1-5-7-9-17(4)12-11(18(19)20)10(3)15-13(16-12)14-8-6-2/h5-9H2,1-4H3,(H,14,15,16). The number of aryl methyl sites for hydroxylation is 1. The lowest BCUT2D eigenvalue weighted by Crippen LogP contribution is -2.22. The van der Waals surface area contributed by atoms with Crippen LogP contribution in [0.1, 0.15) is 38.8 Å². The zero-order chi connectivity index (χ0) is 15.1. The first-order valence-electron chi connectivity index (χ1n) is 6.99. The second-order valence-corrected chi connectivity index (χ2v) is 4.76. The van der Waals surface area contributed by atoms with E-state index in [4.69, 9.17) is 0 Å². The second kappa shape index (κ2) is 7.62. The maximum atomic E-state index is 11.2. The second-order valence-electron chi connectivity index (χ2n) is 4.76. The fraction of sp³-hybridized carbons (Fsp3) is 0.692. The monoisotopic (exact) mass is 281 g/mol. The molecule has 20 heavy (non-hydrogen) atoms. The third kappa shape index (κ3) is 4.04. The average molecular weight is 281 g/mol. The van der Waals surface area contributed by atoms with E-state index in [1.54, 1.807) is 6.92 Å². The Bertz CT molecular complexity index is 464. The van der Waals surface area contributed by atoms with Crippen LogP contribution in [0.5, 0.6) is 0 Å². The summed E-state index contributed by atoms with van der Waals surface area (Å²) >= 11 is 0. The number of nitrogens with zero attached hydrogens (tertiary/aromatic N) is 4. The third-order valence-electron chi connectivity index (χ3n) is 2.96. The highest BCUT2D eigenvalue weighted by atomic mass is 16.6. The topological polar surface area (TPSA) is 84.2 Å². The van der Waals surface area contributed by atoms with Gasteiger partial charge in [0.1, 0.15) is 5.69 Å². The van der Waals surface area contributed by atoms with Crippen LogP contribution in [-0.4, -0.2) is 35.0 Å². The number of nitrogens with one attached hydrogen (secondary N) is 1. The molecule has 0 atom stereocenters. The fourth-order valence-electron chi connectivity index (χ4n) is 1.85. The molecule has 1 heterocycles. The highest BCUT2D eigenvalue weighted by molar-refractivity contribution is 5.62. The Balaban J connectivity index is 3.14. The summed E-state index contributed by atoms with van der Waals surface area (Å²) in [5.41, 5.74) is 0.382. The predicted octanol–water partition coefficient (Wildman–Crippen LogP) is 2.75. The van der Waals surface area contributed by atoms with Gasteiger partial charge in [-0.25, -0.2) is 4.98 Å². The summed E-state index contributed by atoms with van der Waals surface area (Å²) in [7, 11) is 1.83. The number of unbranched alkanes of at least 4 members (excludes halogenated alkanes) is 1. The zero-order valence-corrected chi connectivity index (χ0v) is 12.6. The maximum Gasteiger partial charge on any atom is 0.332 e. The van der Waals surface area contributed by atoms with Crippen molar-refractivity contribution >= 4 is 17.5 Å². The van der Waals surface area contributed by atoms with Crippen LogP contribution in [0, 0.1) is 17.0 Å². The van der Waals surface area contributed by atoms with Crippen LogP contribution >= 0.6 is 0 Å². The van der Waals surface area contributed by atoms with Gasteiger partial charge in [-0.3, -0.25) is 10.1 Å². The molecule has 1 aromatic rings. The molecule has 1 rings (SSSR count). The Morgan fingerprint density at radius 1 is 1.30 bits per heavy atom. The van der Waals surface area contributed by atoms with Gasteiger partial charge in [0, 0.05) is 20.1 Å². The molecule has 0 aliphatic heterocycles. The number of aromatic nitrogens is 2. The van der Waals surface area contributed by atoms with Gasteiger partial charge in [0.2, 0.25) is 11.8 Å². The Labute approximate surface area is 119 Å². The van der Waals surface area contributed by atoms with Gasteiger partial charge < -0.3 is 10.2 Å². The van der Waals surface area contributed by atoms with E-state index in [2.05, 4.69) is 22.2 Å². The van der Waals surface area contributed by atoms with Gasteiger partial charge in [0.25, 0.3) is 0 Å². The van der Waals surface area contributed by atoms with Crippen molar-refractivity contribution in [2.24, 2.45) is 0 Å². The Morgan fingerprint density at radius 3 is 2.55 bits per heavy atom. The van der Waals surface area contributed by atoms with Gasteiger partial charge in [-0.05, 0) is 19.8 Å². The quantitative estimate of drug-likeness (QED) is 0.582. The van der Waals surface area contributed by atoms with Crippen molar-refractivity contribution in [3.8, 4) is 0 Å². The minimum atomic E-state index is -0.406. The highest BCUT2D eigenvalue weighted by Crippen LogP contribution is 2.29. The predicted molar refractivity (Wildman–Crippen MR) is 80.4 cm³/mol. The van der Waals surface area contributed by atoms with Gasteiger partial charge in [-0.2, -0.15) is 4.98 Å². The van der Waals surface area contributed by atoms with Gasteiger partial charge in [-0.15, -0.1) is 0 Å². The van der Waals surface area contributed by atoms with Crippen LogP contribution in [-0.2, 0) is 0 Å². The van der Waals surface area contributed by atoms with E-state index in [0.29, 0.717) is 17.5 Å². The van der Waals surface area contributed by atoms with Crippen molar-refractivity contribution in [1.82, 2.24) is 9.97 Å². The fourth-order valence-corrected chi connectivity index (χ4v) is 1.85. The molecule has 0 aromatic carbocycles. The molecule has 112 valence electrons. The Hall–Kier alpha value is -1.92. The molecular formula is C13H23N5O2. The number of nitro groups is 1. The molecule has 1 N–H and O–H groups in total. The minimum absolute atomic E-state index is 0.00866. The molecule has 0 unspecified atom stereocenters. The van der Waals surface area contributed by atoms with Gasteiger partial charge in [-0.1, -0.05) is 20.3 Å². The smallest absolute Gasteiger partial charge is 0.332 e. The molecule has 0 fully saturated rings. The van der Waals surface area contributed by atoms with E-state index in [1.807, 2.05) is 18.9 Å². The number of rotatable bonds is 8. The summed E-state index contributed by atoms with van der Waals surface area (Å²) in [6.07, 6.45) is 2.94. The molecule has 0 bridgehead atoms. The molecule has 7 heteroatoms. The van der Waals surface area contributed by atoms with E-state index in [1.165, 1.54) is 0 Å². The zero-order valence-electron chi connectivity index (χ0n) is 12.6. The molecule has 0 aliphatic carbocycles. The summed E-state index contributed by atoms with van der Waals surface area (Å²) < 4.78 is 0. The summed E-state index contributed by atoms with van der Waals surface area (Å²) in [5, 5.41) is 14.3. The van der Waals surface area contributed by atoms with Crippen LogP contribution in [0.2, 0.25) is 0 Å². The molecule has 7 nitrogen and oxygen atoms in total. The summed E-state index contributed by atoms with van der Waals surface area (Å²) in [6.45, 7) is 7.26. The lowest BCUT2D eigenvalue weighted by atomic mass is 10.3. The van der Waals surface area contributed by atoms with E-state index < -0.39 is 4.92 Å². The number of anilines is 2.